The number of ether oxygens (including phenoxy) is 2. The summed E-state index contributed by atoms with van der Waals surface area (Å²) in [5.74, 6) is -0.215. The van der Waals surface area contributed by atoms with Crippen LogP contribution in [0.1, 0.15) is 6.42 Å². The van der Waals surface area contributed by atoms with Gasteiger partial charge in [-0.3, -0.25) is 0 Å². The molecular formula is C14H14FN3O2. The maximum Gasteiger partial charge on any atom is 0.150 e. The summed E-state index contributed by atoms with van der Waals surface area (Å²) in [5, 5.41) is 19.8. The van der Waals surface area contributed by atoms with E-state index < -0.39 is 5.82 Å². The van der Waals surface area contributed by atoms with Crippen molar-refractivity contribution in [2.24, 2.45) is 0 Å². The number of nitrogens with zero attached hydrogens (tertiary/aromatic N) is 2. The highest BCUT2D eigenvalue weighted by Crippen LogP contribution is 2.27. The SMILES string of the molecule is COCCCOc1cccc(F)c1NC=C(C#N)C#N. The van der Waals surface area contributed by atoms with E-state index in [1.165, 1.54) is 12.1 Å². The Morgan fingerprint density at radius 1 is 1.35 bits per heavy atom. The van der Waals surface area contributed by atoms with Crippen LogP contribution in [0.3, 0.4) is 0 Å². The monoisotopic (exact) mass is 275 g/mol. The summed E-state index contributed by atoms with van der Waals surface area (Å²) in [7, 11) is 1.59. The van der Waals surface area contributed by atoms with E-state index in [2.05, 4.69) is 5.32 Å². The molecule has 0 aromatic heterocycles. The molecule has 5 nitrogen and oxygen atoms in total. The number of hydrogen-bond acceptors (Lipinski definition) is 5. The van der Waals surface area contributed by atoms with Crippen molar-refractivity contribution in [1.82, 2.24) is 0 Å². The molecule has 0 spiro atoms. The Morgan fingerprint density at radius 2 is 2.10 bits per heavy atom. The van der Waals surface area contributed by atoms with E-state index in [1.54, 1.807) is 25.3 Å². The molecule has 6 heteroatoms. The molecule has 1 aromatic carbocycles. The van der Waals surface area contributed by atoms with Gasteiger partial charge in [-0.15, -0.1) is 0 Å². The van der Waals surface area contributed by atoms with Crippen molar-refractivity contribution < 1.29 is 13.9 Å². The minimum Gasteiger partial charge on any atom is -0.491 e. The molecule has 0 amide bonds. The van der Waals surface area contributed by atoms with Gasteiger partial charge < -0.3 is 14.8 Å². The number of hydrogen-bond donors (Lipinski definition) is 1. The van der Waals surface area contributed by atoms with Crippen molar-refractivity contribution in [3.63, 3.8) is 0 Å². The fourth-order valence-corrected chi connectivity index (χ4v) is 1.38. The predicted molar refractivity (Wildman–Crippen MR) is 71.3 cm³/mol. The van der Waals surface area contributed by atoms with Gasteiger partial charge in [0.25, 0.3) is 0 Å². The lowest BCUT2D eigenvalue weighted by Crippen LogP contribution is -2.04. The summed E-state index contributed by atoms with van der Waals surface area (Å²) < 4.78 is 24.1. The van der Waals surface area contributed by atoms with E-state index in [1.807, 2.05) is 0 Å². The molecule has 0 aliphatic carbocycles. The van der Waals surface area contributed by atoms with Gasteiger partial charge in [0.1, 0.15) is 35.0 Å². The molecule has 1 rings (SSSR count). The summed E-state index contributed by atoms with van der Waals surface area (Å²) in [5.41, 5.74) is -0.0634. The third kappa shape index (κ3) is 4.60. The molecular weight excluding hydrogens is 261 g/mol. The Hall–Kier alpha value is -2.57. The fourth-order valence-electron chi connectivity index (χ4n) is 1.38. The van der Waals surface area contributed by atoms with Crippen molar-refractivity contribution >= 4 is 5.69 Å². The van der Waals surface area contributed by atoms with Crippen molar-refractivity contribution in [1.29, 1.82) is 10.5 Å². The Labute approximate surface area is 116 Å². The second-order valence-electron chi connectivity index (χ2n) is 3.73. The van der Waals surface area contributed by atoms with Gasteiger partial charge in [0.15, 0.2) is 0 Å². The van der Waals surface area contributed by atoms with Crippen LogP contribution in [0.2, 0.25) is 0 Å². The predicted octanol–water partition coefficient (Wildman–Crippen LogP) is 2.58. The molecule has 1 aromatic rings. The Bertz CT molecular complexity index is 543. The highest BCUT2D eigenvalue weighted by molar-refractivity contribution is 5.60. The molecule has 0 saturated carbocycles. The zero-order chi connectivity index (χ0) is 14.8. The van der Waals surface area contributed by atoms with Crippen LogP contribution in [-0.2, 0) is 4.74 Å². The van der Waals surface area contributed by atoms with Gasteiger partial charge in [0.05, 0.1) is 6.61 Å². The second kappa shape index (κ2) is 8.52. The van der Waals surface area contributed by atoms with E-state index in [0.717, 1.165) is 6.20 Å². The van der Waals surface area contributed by atoms with Gasteiger partial charge in [0.2, 0.25) is 0 Å². The van der Waals surface area contributed by atoms with Crippen LogP contribution in [0, 0.1) is 28.5 Å². The third-order valence-corrected chi connectivity index (χ3v) is 2.33. The molecule has 0 bridgehead atoms. The van der Waals surface area contributed by atoms with Gasteiger partial charge in [0, 0.05) is 26.3 Å². The van der Waals surface area contributed by atoms with Crippen LogP contribution in [0.15, 0.2) is 30.0 Å². The highest BCUT2D eigenvalue weighted by atomic mass is 19.1. The number of nitriles is 2. The van der Waals surface area contributed by atoms with Gasteiger partial charge in [-0.05, 0) is 12.1 Å². The van der Waals surface area contributed by atoms with E-state index in [4.69, 9.17) is 20.0 Å². The Kier molecular flexibility index (Phi) is 6.60. The first-order chi connectivity index (χ1) is 9.72. The summed E-state index contributed by atoms with van der Waals surface area (Å²) in [6.07, 6.45) is 1.81. The van der Waals surface area contributed by atoms with Gasteiger partial charge in [-0.1, -0.05) is 6.07 Å². The van der Waals surface area contributed by atoms with E-state index >= 15 is 0 Å². The molecule has 0 atom stereocenters. The molecule has 0 fully saturated rings. The van der Waals surface area contributed by atoms with Crippen LogP contribution in [0.4, 0.5) is 10.1 Å². The molecule has 1 N–H and O–H groups in total. The van der Waals surface area contributed by atoms with Gasteiger partial charge in [-0.2, -0.15) is 10.5 Å². The smallest absolute Gasteiger partial charge is 0.150 e. The normalized spacial score (nSPS) is 9.20. The molecule has 0 saturated heterocycles. The molecule has 0 aliphatic rings. The van der Waals surface area contributed by atoms with E-state index in [-0.39, 0.29) is 11.3 Å². The van der Waals surface area contributed by atoms with Gasteiger partial charge >= 0.3 is 0 Å². The molecule has 20 heavy (non-hydrogen) atoms. The minimum absolute atomic E-state index is 0.0907. The van der Waals surface area contributed by atoms with E-state index in [0.29, 0.717) is 25.4 Å². The van der Waals surface area contributed by atoms with Crippen molar-refractivity contribution in [2.75, 3.05) is 25.6 Å². The summed E-state index contributed by atoms with van der Waals surface area (Å²) >= 11 is 0. The van der Waals surface area contributed by atoms with Gasteiger partial charge in [-0.25, -0.2) is 4.39 Å². The summed E-state index contributed by atoms with van der Waals surface area (Å²) in [6, 6.07) is 7.74. The van der Waals surface area contributed by atoms with Crippen molar-refractivity contribution in [3.8, 4) is 17.9 Å². The van der Waals surface area contributed by atoms with Crippen LogP contribution in [-0.4, -0.2) is 20.3 Å². The quantitative estimate of drug-likeness (QED) is 0.611. The standard InChI is InChI=1S/C14H14FN3O2/c1-19-6-3-7-20-13-5-2-4-12(15)14(13)18-10-11(8-16)9-17/h2,4-5,10,18H,3,6-7H2,1H3. The number of rotatable bonds is 7. The number of halogens is 1. The first kappa shape index (κ1) is 15.5. The molecule has 0 radical (unpaired) electrons. The topological polar surface area (TPSA) is 78.1 Å². The number of allylic oxidation sites excluding steroid dienone is 1. The van der Waals surface area contributed by atoms with Crippen molar-refractivity contribution in [3.05, 3.63) is 35.8 Å². The van der Waals surface area contributed by atoms with Crippen LogP contribution >= 0.6 is 0 Å². The maximum absolute atomic E-state index is 13.7. The Morgan fingerprint density at radius 3 is 2.75 bits per heavy atom. The average molecular weight is 275 g/mol. The molecule has 0 aliphatic heterocycles. The molecule has 0 unspecified atom stereocenters. The fraction of sp³-hybridized carbons (Fsp3) is 0.286. The summed E-state index contributed by atoms with van der Waals surface area (Å²) in [6.45, 7) is 0.921. The lowest BCUT2D eigenvalue weighted by atomic mass is 10.2. The zero-order valence-electron chi connectivity index (χ0n) is 11.0. The zero-order valence-corrected chi connectivity index (χ0v) is 11.0. The first-order valence-corrected chi connectivity index (χ1v) is 5.90. The number of benzene rings is 1. The maximum atomic E-state index is 13.7. The third-order valence-electron chi connectivity index (χ3n) is 2.33. The molecule has 104 valence electrons. The van der Waals surface area contributed by atoms with Crippen LogP contribution in [0.25, 0.3) is 0 Å². The van der Waals surface area contributed by atoms with E-state index in [9.17, 15) is 4.39 Å². The number of nitrogens with one attached hydrogen (secondary N) is 1. The Balaban J connectivity index is 2.81. The number of para-hydroxylation sites is 1. The number of methoxy groups -OCH3 is 1. The lowest BCUT2D eigenvalue weighted by Gasteiger charge is -2.11. The highest BCUT2D eigenvalue weighted by Gasteiger charge is 2.08. The first-order valence-electron chi connectivity index (χ1n) is 5.90. The van der Waals surface area contributed by atoms with Crippen molar-refractivity contribution in [2.45, 2.75) is 6.42 Å². The lowest BCUT2D eigenvalue weighted by molar-refractivity contribution is 0.172. The van der Waals surface area contributed by atoms with Crippen LogP contribution < -0.4 is 10.1 Å². The summed E-state index contributed by atoms with van der Waals surface area (Å²) in [4.78, 5) is 0. The molecule has 0 heterocycles. The largest absolute Gasteiger partial charge is 0.491 e. The average Bonchev–Trinajstić information content (AvgIpc) is 2.46. The minimum atomic E-state index is -0.527. The van der Waals surface area contributed by atoms with Crippen LogP contribution in [0.5, 0.6) is 5.75 Å². The number of anilines is 1. The second-order valence-corrected chi connectivity index (χ2v) is 3.73.